The lowest BCUT2D eigenvalue weighted by Gasteiger charge is -2.10. The van der Waals surface area contributed by atoms with Crippen molar-refractivity contribution in [2.75, 3.05) is 18.4 Å². The summed E-state index contributed by atoms with van der Waals surface area (Å²) in [6.45, 7) is 2.08. The molecule has 0 spiro atoms. The Labute approximate surface area is 94.4 Å². The van der Waals surface area contributed by atoms with Crippen LogP contribution in [0.1, 0.15) is 19.3 Å². The molecule has 0 amide bonds. The highest BCUT2D eigenvalue weighted by Gasteiger charge is 2.12. The number of hydrogen-bond acceptors (Lipinski definition) is 4. The fourth-order valence-electron chi connectivity index (χ4n) is 1.79. The zero-order valence-electron chi connectivity index (χ0n) is 8.54. The minimum atomic E-state index is 0.429. The zero-order valence-corrected chi connectivity index (χ0v) is 9.30. The summed E-state index contributed by atoms with van der Waals surface area (Å²) in [4.78, 5) is 0. The van der Waals surface area contributed by atoms with Crippen molar-refractivity contribution >= 4 is 17.4 Å². The van der Waals surface area contributed by atoms with E-state index in [1.54, 1.807) is 6.07 Å². The standard InChI is InChI=1S/C10H15ClN4/c11-9-3-4-10(15-14-9)13-7-5-8-2-1-6-12-8/h3-4,8,12H,1-2,5-7H2,(H,13,15)/t8-/m1/s1. The van der Waals surface area contributed by atoms with Gasteiger partial charge >= 0.3 is 0 Å². The summed E-state index contributed by atoms with van der Waals surface area (Å²) in [5.41, 5.74) is 0. The molecule has 2 rings (SSSR count). The van der Waals surface area contributed by atoms with Crippen molar-refractivity contribution in [3.05, 3.63) is 17.3 Å². The molecule has 15 heavy (non-hydrogen) atoms. The van der Waals surface area contributed by atoms with Gasteiger partial charge in [-0.2, -0.15) is 0 Å². The molecule has 0 aromatic carbocycles. The second-order valence-electron chi connectivity index (χ2n) is 3.75. The number of nitrogens with one attached hydrogen (secondary N) is 2. The lowest BCUT2D eigenvalue weighted by atomic mass is 10.1. The quantitative estimate of drug-likeness (QED) is 0.821. The van der Waals surface area contributed by atoms with E-state index in [0.717, 1.165) is 25.3 Å². The molecule has 1 aliphatic rings. The highest BCUT2D eigenvalue weighted by atomic mass is 35.5. The van der Waals surface area contributed by atoms with E-state index < -0.39 is 0 Å². The van der Waals surface area contributed by atoms with Gasteiger partial charge in [-0.3, -0.25) is 0 Å². The summed E-state index contributed by atoms with van der Waals surface area (Å²) in [7, 11) is 0. The molecule has 0 radical (unpaired) electrons. The molecule has 1 aromatic heterocycles. The molecule has 1 saturated heterocycles. The molecule has 2 heterocycles. The Balaban J connectivity index is 1.71. The van der Waals surface area contributed by atoms with Gasteiger partial charge in [0.05, 0.1) is 0 Å². The molecule has 5 heteroatoms. The molecule has 2 N–H and O–H groups in total. The number of rotatable bonds is 4. The summed E-state index contributed by atoms with van der Waals surface area (Å²) in [6.07, 6.45) is 3.71. The lowest BCUT2D eigenvalue weighted by molar-refractivity contribution is 0.574. The third-order valence-corrected chi connectivity index (χ3v) is 2.79. The van der Waals surface area contributed by atoms with Crippen LogP contribution in [0.2, 0.25) is 5.15 Å². The highest BCUT2D eigenvalue weighted by molar-refractivity contribution is 6.29. The van der Waals surface area contributed by atoms with Crippen LogP contribution in [0.4, 0.5) is 5.82 Å². The minimum absolute atomic E-state index is 0.429. The van der Waals surface area contributed by atoms with Gasteiger partial charge < -0.3 is 10.6 Å². The van der Waals surface area contributed by atoms with Gasteiger partial charge in [0.15, 0.2) is 5.15 Å². The summed E-state index contributed by atoms with van der Waals surface area (Å²) in [5.74, 6) is 0.789. The Morgan fingerprint density at radius 3 is 3.07 bits per heavy atom. The number of aromatic nitrogens is 2. The molecule has 1 aliphatic heterocycles. The van der Waals surface area contributed by atoms with Crippen LogP contribution in [-0.2, 0) is 0 Å². The molecule has 82 valence electrons. The second-order valence-corrected chi connectivity index (χ2v) is 4.14. The number of anilines is 1. The summed E-state index contributed by atoms with van der Waals surface area (Å²) < 4.78 is 0. The van der Waals surface area contributed by atoms with Gasteiger partial charge in [0.25, 0.3) is 0 Å². The molecule has 0 saturated carbocycles. The maximum absolute atomic E-state index is 5.64. The first kappa shape index (κ1) is 10.6. The average molecular weight is 227 g/mol. The van der Waals surface area contributed by atoms with Crippen LogP contribution in [0.15, 0.2) is 12.1 Å². The van der Waals surface area contributed by atoms with Crippen molar-refractivity contribution in [3.63, 3.8) is 0 Å². The zero-order chi connectivity index (χ0) is 10.5. The first-order chi connectivity index (χ1) is 7.34. The van der Waals surface area contributed by atoms with Gasteiger partial charge in [-0.05, 0) is 37.9 Å². The van der Waals surface area contributed by atoms with E-state index in [9.17, 15) is 0 Å². The Morgan fingerprint density at radius 1 is 1.47 bits per heavy atom. The first-order valence-electron chi connectivity index (χ1n) is 5.31. The van der Waals surface area contributed by atoms with Crippen molar-refractivity contribution in [2.45, 2.75) is 25.3 Å². The van der Waals surface area contributed by atoms with E-state index in [0.29, 0.717) is 11.2 Å². The Kier molecular flexibility index (Phi) is 3.75. The predicted molar refractivity (Wildman–Crippen MR) is 61.2 cm³/mol. The fourth-order valence-corrected chi connectivity index (χ4v) is 1.89. The normalized spacial score (nSPS) is 20.5. The van der Waals surface area contributed by atoms with Crippen molar-refractivity contribution in [3.8, 4) is 0 Å². The minimum Gasteiger partial charge on any atom is -0.369 e. The predicted octanol–water partition coefficient (Wildman–Crippen LogP) is 1.68. The van der Waals surface area contributed by atoms with E-state index in [4.69, 9.17) is 11.6 Å². The van der Waals surface area contributed by atoms with Crippen molar-refractivity contribution in [1.29, 1.82) is 0 Å². The van der Waals surface area contributed by atoms with E-state index in [-0.39, 0.29) is 0 Å². The largest absolute Gasteiger partial charge is 0.369 e. The van der Waals surface area contributed by atoms with E-state index in [2.05, 4.69) is 20.8 Å². The number of halogens is 1. The maximum atomic E-state index is 5.64. The van der Waals surface area contributed by atoms with Crippen LogP contribution in [0, 0.1) is 0 Å². The maximum Gasteiger partial charge on any atom is 0.151 e. The summed E-state index contributed by atoms with van der Waals surface area (Å²) >= 11 is 5.64. The average Bonchev–Trinajstić information content (AvgIpc) is 2.74. The molecule has 0 aliphatic carbocycles. The van der Waals surface area contributed by atoms with Crippen molar-refractivity contribution < 1.29 is 0 Å². The van der Waals surface area contributed by atoms with Gasteiger partial charge in [-0.1, -0.05) is 11.6 Å². The van der Waals surface area contributed by atoms with Crippen LogP contribution in [0.25, 0.3) is 0 Å². The highest BCUT2D eigenvalue weighted by Crippen LogP contribution is 2.10. The molecule has 1 atom stereocenters. The topological polar surface area (TPSA) is 49.8 Å². The third-order valence-electron chi connectivity index (χ3n) is 2.59. The number of nitrogens with zero attached hydrogens (tertiary/aromatic N) is 2. The molecule has 1 aromatic rings. The molecule has 0 unspecified atom stereocenters. The smallest absolute Gasteiger partial charge is 0.151 e. The monoisotopic (exact) mass is 226 g/mol. The van der Waals surface area contributed by atoms with Gasteiger partial charge in [0, 0.05) is 12.6 Å². The summed E-state index contributed by atoms with van der Waals surface area (Å²) in [5, 5.41) is 14.8. The van der Waals surface area contributed by atoms with Crippen LogP contribution >= 0.6 is 11.6 Å². The van der Waals surface area contributed by atoms with Gasteiger partial charge in [0.1, 0.15) is 5.82 Å². The number of hydrogen-bond donors (Lipinski definition) is 2. The van der Waals surface area contributed by atoms with Crippen LogP contribution < -0.4 is 10.6 Å². The molecule has 4 nitrogen and oxygen atoms in total. The van der Waals surface area contributed by atoms with E-state index in [1.807, 2.05) is 6.07 Å². The summed E-state index contributed by atoms with van der Waals surface area (Å²) in [6, 6.07) is 4.25. The van der Waals surface area contributed by atoms with E-state index >= 15 is 0 Å². The Bertz CT molecular complexity index is 295. The van der Waals surface area contributed by atoms with Crippen LogP contribution in [-0.4, -0.2) is 29.3 Å². The molecular formula is C10H15ClN4. The molecule has 1 fully saturated rings. The van der Waals surface area contributed by atoms with Gasteiger partial charge in [0.2, 0.25) is 0 Å². The fraction of sp³-hybridized carbons (Fsp3) is 0.600. The second kappa shape index (κ2) is 5.28. The van der Waals surface area contributed by atoms with E-state index in [1.165, 1.54) is 12.8 Å². The van der Waals surface area contributed by atoms with Crippen molar-refractivity contribution in [1.82, 2.24) is 15.5 Å². The Morgan fingerprint density at radius 2 is 2.40 bits per heavy atom. The Hall–Kier alpha value is -0.870. The van der Waals surface area contributed by atoms with Crippen LogP contribution in [0.3, 0.4) is 0 Å². The molecular weight excluding hydrogens is 212 g/mol. The van der Waals surface area contributed by atoms with Crippen molar-refractivity contribution in [2.24, 2.45) is 0 Å². The first-order valence-corrected chi connectivity index (χ1v) is 5.69. The third kappa shape index (κ3) is 3.32. The van der Waals surface area contributed by atoms with Gasteiger partial charge in [-0.25, -0.2) is 0 Å². The molecule has 0 bridgehead atoms. The SMILES string of the molecule is Clc1ccc(NCC[C@H]2CCCN2)nn1. The van der Waals surface area contributed by atoms with Crippen LogP contribution in [0.5, 0.6) is 0 Å². The lowest BCUT2D eigenvalue weighted by Crippen LogP contribution is -2.24. The van der Waals surface area contributed by atoms with Gasteiger partial charge in [-0.15, -0.1) is 10.2 Å².